The Balaban J connectivity index is 2.08. The van der Waals surface area contributed by atoms with E-state index in [1.165, 1.54) is 12.8 Å². The molecule has 0 radical (unpaired) electrons. The lowest BCUT2D eigenvalue weighted by atomic mass is 10.1. The summed E-state index contributed by atoms with van der Waals surface area (Å²) >= 11 is 0. The number of fused-ring (bicyclic) bond motifs is 1. The van der Waals surface area contributed by atoms with Gasteiger partial charge in [-0.15, -0.1) is 0 Å². The van der Waals surface area contributed by atoms with Crippen LogP contribution >= 0.6 is 0 Å². The minimum absolute atomic E-state index is 0.257. The Bertz CT molecular complexity index is 604. The molecule has 0 spiro atoms. The second kappa shape index (κ2) is 8.59. The zero-order valence-corrected chi connectivity index (χ0v) is 13.6. The first-order valence-electron chi connectivity index (χ1n) is 8.25. The number of aromatic amines is 1. The third-order valence-electron chi connectivity index (χ3n) is 3.78. The summed E-state index contributed by atoms with van der Waals surface area (Å²) in [4.78, 5) is 15.4. The molecule has 0 aliphatic heterocycles. The van der Waals surface area contributed by atoms with Gasteiger partial charge in [-0.1, -0.05) is 31.5 Å². The molecule has 0 amide bonds. The van der Waals surface area contributed by atoms with Crippen LogP contribution in [0, 0.1) is 0 Å². The number of H-pyrrole nitrogens is 1. The van der Waals surface area contributed by atoms with Gasteiger partial charge >= 0.3 is 5.97 Å². The van der Waals surface area contributed by atoms with Crippen molar-refractivity contribution in [2.75, 3.05) is 19.7 Å². The minimum atomic E-state index is -0.257. The average Bonchev–Trinajstić information content (AvgIpc) is 2.90. The number of para-hydroxylation sites is 1. The molecule has 1 aromatic heterocycles. The van der Waals surface area contributed by atoms with Gasteiger partial charge in [-0.3, -0.25) is 0 Å². The van der Waals surface area contributed by atoms with E-state index in [2.05, 4.69) is 23.3 Å². The van der Waals surface area contributed by atoms with Crippen molar-refractivity contribution in [3.8, 4) is 0 Å². The normalized spacial score (nSPS) is 11.0. The summed E-state index contributed by atoms with van der Waals surface area (Å²) in [6.07, 6.45) is 4.30. The topological polar surface area (TPSA) is 54.1 Å². The summed E-state index contributed by atoms with van der Waals surface area (Å²) in [7, 11) is 0. The van der Waals surface area contributed by atoms with Gasteiger partial charge in [0.1, 0.15) is 5.69 Å². The van der Waals surface area contributed by atoms with E-state index < -0.39 is 0 Å². The Kier molecular flexibility index (Phi) is 6.46. The molecule has 0 aliphatic carbocycles. The van der Waals surface area contributed by atoms with Crippen LogP contribution in [0.25, 0.3) is 10.9 Å². The van der Waals surface area contributed by atoms with Gasteiger partial charge in [-0.25, -0.2) is 4.79 Å². The summed E-state index contributed by atoms with van der Waals surface area (Å²) in [5, 5.41) is 4.57. The van der Waals surface area contributed by atoms with E-state index in [0.717, 1.165) is 42.4 Å². The molecule has 0 fully saturated rings. The molecule has 0 aliphatic rings. The van der Waals surface area contributed by atoms with Crippen molar-refractivity contribution in [2.45, 2.75) is 39.5 Å². The summed E-state index contributed by atoms with van der Waals surface area (Å²) < 4.78 is 5.17. The lowest BCUT2D eigenvalue weighted by Crippen LogP contribution is -2.17. The lowest BCUT2D eigenvalue weighted by molar-refractivity contribution is 0.0519. The van der Waals surface area contributed by atoms with Crippen LogP contribution in [0.4, 0.5) is 0 Å². The van der Waals surface area contributed by atoms with Crippen LogP contribution in [0.3, 0.4) is 0 Å². The molecule has 22 heavy (non-hydrogen) atoms. The monoisotopic (exact) mass is 302 g/mol. The maximum Gasteiger partial charge on any atom is 0.355 e. The van der Waals surface area contributed by atoms with E-state index >= 15 is 0 Å². The fraction of sp³-hybridized carbons (Fsp3) is 0.500. The molecule has 2 N–H and O–H groups in total. The number of rotatable bonds is 9. The largest absolute Gasteiger partial charge is 0.461 e. The first-order chi connectivity index (χ1) is 10.8. The van der Waals surface area contributed by atoms with Crippen LogP contribution in [0.1, 0.15) is 49.2 Å². The van der Waals surface area contributed by atoms with Crippen LogP contribution in [-0.4, -0.2) is 30.6 Å². The highest BCUT2D eigenvalue weighted by molar-refractivity contribution is 5.98. The van der Waals surface area contributed by atoms with Crippen molar-refractivity contribution in [3.05, 3.63) is 35.5 Å². The number of esters is 1. The number of carbonyl (C=O) groups excluding carboxylic acids is 1. The summed E-state index contributed by atoms with van der Waals surface area (Å²) in [6, 6.07) is 8.05. The third kappa shape index (κ3) is 4.10. The molecule has 120 valence electrons. The van der Waals surface area contributed by atoms with Crippen molar-refractivity contribution in [1.82, 2.24) is 10.3 Å². The molecule has 2 rings (SSSR count). The van der Waals surface area contributed by atoms with Gasteiger partial charge in [0, 0.05) is 10.9 Å². The summed E-state index contributed by atoms with van der Waals surface area (Å²) in [5.74, 6) is -0.257. The average molecular weight is 302 g/mol. The van der Waals surface area contributed by atoms with Gasteiger partial charge in [-0.2, -0.15) is 0 Å². The maximum atomic E-state index is 12.1. The third-order valence-corrected chi connectivity index (χ3v) is 3.78. The number of ether oxygens (including phenoxy) is 1. The molecule has 0 bridgehead atoms. The van der Waals surface area contributed by atoms with Crippen LogP contribution < -0.4 is 5.32 Å². The number of hydrogen-bond acceptors (Lipinski definition) is 3. The summed E-state index contributed by atoms with van der Waals surface area (Å²) in [6.45, 7) is 6.46. The standard InChI is InChI=1S/C18H26N2O2/c1-3-5-12-19-13-8-10-15-14-9-6-7-11-16(14)20-17(15)18(21)22-4-2/h6-7,9,11,19-20H,3-5,8,10,12-13H2,1-2H3. The minimum Gasteiger partial charge on any atom is -0.461 e. The number of aryl methyl sites for hydroxylation is 1. The molecule has 0 unspecified atom stereocenters. The number of aromatic nitrogens is 1. The van der Waals surface area contributed by atoms with E-state index in [-0.39, 0.29) is 5.97 Å². The van der Waals surface area contributed by atoms with Gasteiger partial charge in [0.05, 0.1) is 6.61 Å². The smallest absolute Gasteiger partial charge is 0.355 e. The Morgan fingerprint density at radius 3 is 2.73 bits per heavy atom. The molecule has 2 aromatic rings. The summed E-state index contributed by atoms with van der Waals surface area (Å²) in [5.41, 5.74) is 2.68. The Morgan fingerprint density at radius 2 is 1.95 bits per heavy atom. The highest BCUT2D eigenvalue weighted by atomic mass is 16.5. The van der Waals surface area contributed by atoms with Crippen LogP contribution in [-0.2, 0) is 11.2 Å². The fourth-order valence-electron chi connectivity index (χ4n) is 2.65. The highest BCUT2D eigenvalue weighted by Gasteiger charge is 2.17. The van der Waals surface area contributed by atoms with E-state index in [1.807, 2.05) is 25.1 Å². The molecule has 0 saturated heterocycles. The van der Waals surface area contributed by atoms with Crippen molar-refractivity contribution >= 4 is 16.9 Å². The second-order valence-corrected chi connectivity index (χ2v) is 5.45. The van der Waals surface area contributed by atoms with E-state index in [0.29, 0.717) is 12.3 Å². The number of benzene rings is 1. The fourth-order valence-corrected chi connectivity index (χ4v) is 2.65. The molecular weight excluding hydrogens is 276 g/mol. The zero-order chi connectivity index (χ0) is 15.8. The molecule has 4 heteroatoms. The van der Waals surface area contributed by atoms with E-state index in [4.69, 9.17) is 4.74 Å². The van der Waals surface area contributed by atoms with Crippen molar-refractivity contribution < 1.29 is 9.53 Å². The van der Waals surface area contributed by atoms with Crippen molar-refractivity contribution in [2.24, 2.45) is 0 Å². The molecule has 1 aromatic carbocycles. The predicted octanol–water partition coefficient (Wildman–Crippen LogP) is 3.67. The SMILES string of the molecule is CCCCNCCCc1c(C(=O)OCC)[nH]c2ccccc12. The number of nitrogens with one attached hydrogen (secondary N) is 2. The number of hydrogen-bond donors (Lipinski definition) is 2. The first-order valence-corrected chi connectivity index (χ1v) is 8.25. The number of carbonyl (C=O) groups is 1. The molecular formula is C18H26N2O2. The Labute approximate surface area is 132 Å². The first kappa shape index (κ1) is 16.6. The second-order valence-electron chi connectivity index (χ2n) is 5.45. The van der Waals surface area contributed by atoms with Gasteiger partial charge in [-0.05, 0) is 50.9 Å². The van der Waals surface area contributed by atoms with Gasteiger partial charge in [0.25, 0.3) is 0 Å². The van der Waals surface area contributed by atoms with Crippen LogP contribution in [0.15, 0.2) is 24.3 Å². The van der Waals surface area contributed by atoms with E-state index in [9.17, 15) is 4.79 Å². The van der Waals surface area contributed by atoms with Gasteiger partial charge < -0.3 is 15.0 Å². The van der Waals surface area contributed by atoms with Gasteiger partial charge in [0.2, 0.25) is 0 Å². The van der Waals surface area contributed by atoms with Crippen LogP contribution in [0.2, 0.25) is 0 Å². The van der Waals surface area contributed by atoms with Crippen LogP contribution in [0.5, 0.6) is 0 Å². The lowest BCUT2D eigenvalue weighted by Gasteiger charge is -2.06. The molecule has 4 nitrogen and oxygen atoms in total. The molecule has 0 saturated carbocycles. The Morgan fingerprint density at radius 1 is 1.18 bits per heavy atom. The van der Waals surface area contributed by atoms with Crippen molar-refractivity contribution in [1.29, 1.82) is 0 Å². The maximum absolute atomic E-state index is 12.1. The van der Waals surface area contributed by atoms with Gasteiger partial charge in [0.15, 0.2) is 0 Å². The van der Waals surface area contributed by atoms with E-state index in [1.54, 1.807) is 0 Å². The Hall–Kier alpha value is -1.81. The van der Waals surface area contributed by atoms with Crippen molar-refractivity contribution in [3.63, 3.8) is 0 Å². The quantitative estimate of drug-likeness (QED) is 0.549. The highest BCUT2D eigenvalue weighted by Crippen LogP contribution is 2.24. The molecule has 0 atom stereocenters. The zero-order valence-electron chi connectivity index (χ0n) is 13.6. The number of unbranched alkanes of at least 4 members (excludes halogenated alkanes) is 1. The predicted molar refractivity (Wildman–Crippen MR) is 90.4 cm³/mol. The molecule has 1 heterocycles.